The molecule has 0 heterocycles. The van der Waals surface area contributed by atoms with E-state index in [1.807, 2.05) is 26.0 Å². The monoisotopic (exact) mass is 238 g/mol. The van der Waals surface area contributed by atoms with Gasteiger partial charge in [-0.1, -0.05) is 12.1 Å². The van der Waals surface area contributed by atoms with Crippen molar-refractivity contribution in [2.24, 2.45) is 5.92 Å². The van der Waals surface area contributed by atoms with E-state index in [0.717, 1.165) is 31.3 Å². The van der Waals surface area contributed by atoms with Crippen LogP contribution in [0.3, 0.4) is 0 Å². The molecule has 0 unspecified atom stereocenters. The molecule has 1 N–H and O–H groups in total. The number of hydrogen-bond donors (Lipinski definition) is 1. The first-order valence-electron chi connectivity index (χ1n) is 5.83. The molecule has 1 aromatic carbocycles. The van der Waals surface area contributed by atoms with Crippen molar-refractivity contribution in [1.29, 1.82) is 0 Å². The van der Waals surface area contributed by atoms with Crippen molar-refractivity contribution in [2.45, 2.75) is 26.7 Å². The van der Waals surface area contributed by atoms with Crippen LogP contribution in [0.15, 0.2) is 24.3 Å². The quantitative estimate of drug-likeness (QED) is 0.806. The number of hydrogen-bond acceptors (Lipinski definition) is 3. The minimum absolute atomic E-state index is 0.338. The van der Waals surface area contributed by atoms with Gasteiger partial charge in [0.15, 0.2) is 0 Å². The van der Waals surface area contributed by atoms with Crippen LogP contribution in [0, 0.1) is 12.8 Å². The van der Waals surface area contributed by atoms with Gasteiger partial charge in [-0.3, -0.25) is 0 Å². The summed E-state index contributed by atoms with van der Waals surface area (Å²) in [7, 11) is 1.68. The molecule has 0 aliphatic heterocycles. The SMILES string of the molecule is CCOC.Cc1cccc(O)c1.O=CC1CC1. The normalized spacial score (nSPS) is 12.6. The Morgan fingerprint density at radius 3 is 2.24 bits per heavy atom. The Morgan fingerprint density at radius 1 is 1.47 bits per heavy atom. The summed E-state index contributed by atoms with van der Waals surface area (Å²) >= 11 is 0. The van der Waals surface area contributed by atoms with Crippen molar-refractivity contribution in [2.75, 3.05) is 13.7 Å². The molecule has 17 heavy (non-hydrogen) atoms. The number of ether oxygens (including phenoxy) is 1. The topological polar surface area (TPSA) is 46.5 Å². The largest absolute Gasteiger partial charge is 0.508 e. The zero-order valence-corrected chi connectivity index (χ0v) is 10.8. The van der Waals surface area contributed by atoms with Crippen molar-refractivity contribution in [3.8, 4) is 5.75 Å². The molecule has 1 saturated carbocycles. The molecular weight excluding hydrogens is 216 g/mol. The van der Waals surface area contributed by atoms with Gasteiger partial charge in [-0.05, 0) is 44.4 Å². The molecule has 2 rings (SSSR count). The average molecular weight is 238 g/mol. The zero-order chi connectivity index (χ0) is 13.1. The smallest absolute Gasteiger partial charge is 0.123 e. The molecular formula is C14H22O3. The molecule has 0 radical (unpaired) electrons. The Labute approximate surface area is 103 Å². The highest BCUT2D eigenvalue weighted by atomic mass is 16.5. The first-order chi connectivity index (χ1) is 8.13. The fourth-order valence-electron chi connectivity index (χ4n) is 0.860. The number of aromatic hydroxyl groups is 1. The molecule has 1 aromatic rings. The molecule has 0 saturated heterocycles. The maximum Gasteiger partial charge on any atom is 0.123 e. The van der Waals surface area contributed by atoms with Gasteiger partial charge in [-0.15, -0.1) is 0 Å². The summed E-state index contributed by atoms with van der Waals surface area (Å²) in [6.07, 6.45) is 3.31. The number of rotatable bonds is 2. The van der Waals surface area contributed by atoms with Gasteiger partial charge in [0.2, 0.25) is 0 Å². The lowest BCUT2D eigenvalue weighted by Crippen LogP contribution is -1.73. The first kappa shape index (κ1) is 15.7. The Balaban J connectivity index is 0.000000246. The van der Waals surface area contributed by atoms with Crippen LogP contribution in [-0.4, -0.2) is 25.1 Å². The highest BCUT2D eigenvalue weighted by molar-refractivity contribution is 5.56. The molecule has 0 amide bonds. The summed E-state index contributed by atoms with van der Waals surface area (Å²) in [5.74, 6) is 0.792. The van der Waals surface area contributed by atoms with Crippen LogP contribution in [0.2, 0.25) is 0 Å². The van der Waals surface area contributed by atoms with Gasteiger partial charge in [-0.2, -0.15) is 0 Å². The summed E-state index contributed by atoms with van der Waals surface area (Å²) < 4.78 is 4.54. The molecule has 0 aromatic heterocycles. The number of carbonyl (C=O) groups is 1. The van der Waals surface area contributed by atoms with Gasteiger partial charge in [0.1, 0.15) is 12.0 Å². The van der Waals surface area contributed by atoms with E-state index in [0.29, 0.717) is 11.7 Å². The molecule has 96 valence electrons. The molecule has 3 heteroatoms. The Bertz CT molecular complexity index is 287. The van der Waals surface area contributed by atoms with E-state index in [-0.39, 0.29) is 0 Å². The van der Waals surface area contributed by atoms with E-state index < -0.39 is 0 Å². The van der Waals surface area contributed by atoms with Crippen molar-refractivity contribution in [1.82, 2.24) is 0 Å². The second kappa shape index (κ2) is 9.85. The van der Waals surface area contributed by atoms with Gasteiger partial charge in [-0.25, -0.2) is 0 Å². The third kappa shape index (κ3) is 10.9. The lowest BCUT2D eigenvalue weighted by atomic mass is 10.2. The fraction of sp³-hybridized carbons (Fsp3) is 0.500. The minimum atomic E-state index is 0.338. The summed E-state index contributed by atoms with van der Waals surface area (Å²) in [4.78, 5) is 9.57. The summed E-state index contributed by atoms with van der Waals surface area (Å²) in [6, 6.07) is 7.15. The second-order valence-corrected chi connectivity index (χ2v) is 3.89. The van der Waals surface area contributed by atoms with E-state index in [9.17, 15) is 4.79 Å². The number of phenolic OH excluding ortho intramolecular Hbond substituents is 1. The zero-order valence-electron chi connectivity index (χ0n) is 10.8. The predicted molar refractivity (Wildman–Crippen MR) is 69.2 cm³/mol. The van der Waals surface area contributed by atoms with E-state index in [4.69, 9.17) is 5.11 Å². The number of benzene rings is 1. The molecule has 1 aliphatic rings. The van der Waals surface area contributed by atoms with Crippen LogP contribution < -0.4 is 0 Å². The maximum atomic E-state index is 9.57. The average Bonchev–Trinajstić information content (AvgIpc) is 3.13. The van der Waals surface area contributed by atoms with Gasteiger partial charge < -0.3 is 14.6 Å². The Morgan fingerprint density at radius 2 is 2.06 bits per heavy atom. The summed E-state index contributed by atoms with van der Waals surface area (Å²) in [5, 5.41) is 8.81. The highest BCUT2D eigenvalue weighted by Gasteiger charge is 2.18. The molecule has 0 atom stereocenters. The molecule has 0 spiro atoms. The lowest BCUT2D eigenvalue weighted by Gasteiger charge is -1.89. The Kier molecular flexibility index (Phi) is 9.06. The number of phenols is 1. The van der Waals surface area contributed by atoms with Crippen molar-refractivity contribution < 1.29 is 14.6 Å². The van der Waals surface area contributed by atoms with Gasteiger partial charge in [0.25, 0.3) is 0 Å². The van der Waals surface area contributed by atoms with E-state index >= 15 is 0 Å². The number of aryl methyl sites for hydroxylation is 1. The molecule has 3 nitrogen and oxygen atoms in total. The van der Waals surface area contributed by atoms with Crippen LogP contribution in [0.25, 0.3) is 0 Å². The van der Waals surface area contributed by atoms with Crippen LogP contribution >= 0.6 is 0 Å². The van der Waals surface area contributed by atoms with Gasteiger partial charge in [0, 0.05) is 19.6 Å². The number of carbonyl (C=O) groups excluding carboxylic acids is 1. The number of methoxy groups -OCH3 is 1. The standard InChI is InChI=1S/C7H8O.C4H6O.C3H8O/c1-6-3-2-4-7(8)5-6;5-3-4-1-2-4;1-3-4-2/h2-5,8H,1H3;3-4H,1-2H2;3H2,1-2H3. The third-order valence-corrected chi connectivity index (χ3v) is 2.10. The Hall–Kier alpha value is -1.35. The lowest BCUT2D eigenvalue weighted by molar-refractivity contribution is -0.108. The van der Waals surface area contributed by atoms with Gasteiger partial charge in [0.05, 0.1) is 0 Å². The van der Waals surface area contributed by atoms with Crippen LogP contribution in [0.5, 0.6) is 5.75 Å². The van der Waals surface area contributed by atoms with Gasteiger partial charge >= 0.3 is 0 Å². The van der Waals surface area contributed by atoms with Crippen molar-refractivity contribution in [3.63, 3.8) is 0 Å². The minimum Gasteiger partial charge on any atom is -0.508 e. The van der Waals surface area contributed by atoms with E-state index in [1.165, 1.54) is 0 Å². The molecule has 1 fully saturated rings. The maximum absolute atomic E-state index is 9.57. The van der Waals surface area contributed by atoms with Crippen LogP contribution in [0.4, 0.5) is 0 Å². The fourth-order valence-corrected chi connectivity index (χ4v) is 0.860. The molecule has 1 aliphatic carbocycles. The summed E-state index contributed by atoms with van der Waals surface area (Å²) in [5.41, 5.74) is 1.09. The van der Waals surface area contributed by atoms with Crippen LogP contribution in [-0.2, 0) is 9.53 Å². The number of aldehydes is 1. The van der Waals surface area contributed by atoms with Crippen molar-refractivity contribution in [3.05, 3.63) is 29.8 Å². The van der Waals surface area contributed by atoms with E-state index in [2.05, 4.69) is 4.74 Å². The van der Waals surface area contributed by atoms with Crippen LogP contribution in [0.1, 0.15) is 25.3 Å². The third-order valence-electron chi connectivity index (χ3n) is 2.10. The molecule has 0 bridgehead atoms. The van der Waals surface area contributed by atoms with Crippen molar-refractivity contribution >= 4 is 6.29 Å². The predicted octanol–water partition coefficient (Wildman–Crippen LogP) is 2.95. The second-order valence-electron chi connectivity index (χ2n) is 3.89. The highest BCUT2D eigenvalue weighted by Crippen LogP contribution is 2.25. The first-order valence-corrected chi connectivity index (χ1v) is 5.83. The summed E-state index contributed by atoms with van der Waals surface area (Å²) in [6.45, 7) is 4.72. The van der Waals surface area contributed by atoms with E-state index in [1.54, 1.807) is 19.2 Å².